The topological polar surface area (TPSA) is 72.5 Å². The minimum absolute atomic E-state index is 0.0177. The number of halogens is 1. The lowest BCUT2D eigenvalue weighted by Gasteiger charge is -2.07. The van der Waals surface area contributed by atoms with Gasteiger partial charge in [0, 0.05) is 5.88 Å². The summed E-state index contributed by atoms with van der Waals surface area (Å²) in [6.07, 6.45) is 1.12. The third kappa shape index (κ3) is 4.47. The molecule has 18 heavy (non-hydrogen) atoms. The maximum Gasteiger partial charge on any atom is 0.350 e. The molecular weight excluding hydrogens is 298 g/mol. The summed E-state index contributed by atoms with van der Waals surface area (Å²) in [5.41, 5.74) is 0.262. The highest BCUT2D eigenvalue weighted by Crippen LogP contribution is 2.24. The van der Waals surface area contributed by atoms with Crippen molar-refractivity contribution in [1.82, 2.24) is 0 Å². The van der Waals surface area contributed by atoms with Gasteiger partial charge in [0.15, 0.2) is 0 Å². The van der Waals surface area contributed by atoms with Crippen LogP contribution >= 0.6 is 22.9 Å². The van der Waals surface area contributed by atoms with Gasteiger partial charge >= 0.3 is 5.97 Å². The van der Waals surface area contributed by atoms with Crippen molar-refractivity contribution < 1.29 is 17.9 Å². The first-order valence-corrected chi connectivity index (χ1v) is 8.29. The zero-order valence-corrected chi connectivity index (χ0v) is 12.2. The predicted molar refractivity (Wildman–Crippen MR) is 73.0 cm³/mol. The van der Waals surface area contributed by atoms with E-state index >= 15 is 0 Å². The van der Waals surface area contributed by atoms with Crippen LogP contribution < -0.4 is 4.72 Å². The summed E-state index contributed by atoms with van der Waals surface area (Å²) in [7, 11) is -2.20. The van der Waals surface area contributed by atoms with Gasteiger partial charge in [-0.15, -0.1) is 22.9 Å². The van der Waals surface area contributed by atoms with Crippen LogP contribution in [0.1, 0.15) is 22.5 Å². The average Bonchev–Trinajstić information content (AvgIpc) is 2.75. The van der Waals surface area contributed by atoms with Gasteiger partial charge in [-0.05, 0) is 24.3 Å². The van der Waals surface area contributed by atoms with Crippen LogP contribution in [0.3, 0.4) is 0 Å². The number of esters is 1. The molecule has 0 bridgehead atoms. The quantitative estimate of drug-likeness (QED) is 0.476. The lowest BCUT2D eigenvalue weighted by atomic mass is 10.4. The molecule has 8 heteroatoms. The number of thiophene rings is 1. The molecule has 0 radical (unpaired) electrons. The van der Waals surface area contributed by atoms with Gasteiger partial charge in [0.1, 0.15) is 4.88 Å². The molecule has 0 amide bonds. The number of anilines is 1. The first kappa shape index (κ1) is 15.3. The van der Waals surface area contributed by atoms with Crippen molar-refractivity contribution in [1.29, 1.82) is 0 Å². The standard InChI is InChI=1S/C10H14ClNO4S2/c1-16-10(13)9-8(4-6-17-9)12-18(14,15)7-3-2-5-11/h4,6,12H,2-3,5,7H2,1H3. The van der Waals surface area contributed by atoms with Crippen LogP contribution in [0.2, 0.25) is 0 Å². The summed E-state index contributed by atoms with van der Waals surface area (Å²) >= 11 is 6.61. The van der Waals surface area contributed by atoms with Gasteiger partial charge in [0.25, 0.3) is 0 Å². The smallest absolute Gasteiger partial charge is 0.350 e. The van der Waals surface area contributed by atoms with Gasteiger partial charge in [-0.1, -0.05) is 0 Å². The maximum atomic E-state index is 11.7. The molecule has 0 fully saturated rings. The van der Waals surface area contributed by atoms with Crippen molar-refractivity contribution in [3.63, 3.8) is 0 Å². The zero-order valence-electron chi connectivity index (χ0n) is 9.81. The Morgan fingerprint density at radius 1 is 1.50 bits per heavy atom. The lowest BCUT2D eigenvalue weighted by molar-refractivity contribution is 0.0607. The highest BCUT2D eigenvalue weighted by atomic mass is 35.5. The third-order valence-corrected chi connectivity index (χ3v) is 4.62. The third-order valence-electron chi connectivity index (χ3n) is 2.10. The lowest BCUT2D eigenvalue weighted by Crippen LogP contribution is -2.18. The highest BCUT2D eigenvalue weighted by Gasteiger charge is 2.18. The second kappa shape index (κ2) is 6.96. The molecule has 0 unspecified atom stereocenters. The Bertz CT molecular complexity index is 498. The van der Waals surface area contributed by atoms with E-state index in [0.29, 0.717) is 18.7 Å². The number of alkyl halides is 1. The molecule has 5 nitrogen and oxygen atoms in total. The largest absolute Gasteiger partial charge is 0.465 e. The summed E-state index contributed by atoms with van der Waals surface area (Å²) in [4.78, 5) is 11.6. The van der Waals surface area contributed by atoms with Crippen LogP contribution in [-0.4, -0.2) is 33.1 Å². The van der Waals surface area contributed by atoms with Crippen LogP contribution in [0, 0.1) is 0 Å². The molecule has 0 aliphatic carbocycles. The average molecular weight is 312 g/mol. The van der Waals surface area contributed by atoms with Crippen LogP contribution in [0.15, 0.2) is 11.4 Å². The number of carbonyl (C=O) groups excluding carboxylic acids is 1. The summed E-state index contributed by atoms with van der Waals surface area (Å²) in [5.74, 6) is -0.138. The molecular formula is C10H14ClNO4S2. The van der Waals surface area contributed by atoms with E-state index in [-0.39, 0.29) is 16.3 Å². The SMILES string of the molecule is COC(=O)c1sccc1NS(=O)(=O)CCCCCl. The molecule has 1 aromatic rings. The normalized spacial score (nSPS) is 11.2. The Hall–Kier alpha value is -0.790. The van der Waals surface area contributed by atoms with Gasteiger partial charge in [-0.25, -0.2) is 13.2 Å². The van der Waals surface area contributed by atoms with Gasteiger partial charge in [0.2, 0.25) is 10.0 Å². The molecule has 0 saturated carbocycles. The zero-order chi connectivity index (χ0) is 13.6. The number of rotatable bonds is 7. The van der Waals surface area contributed by atoms with Crippen molar-refractivity contribution in [3.05, 3.63) is 16.3 Å². The molecule has 1 N–H and O–H groups in total. The number of carbonyl (C=O) groups is 1. The van der Waals surface area contributed by atoms with E-state index in [2.05, 4.69) is 9.46 Å². The Labute approximate surface area is 115 Å². The van der Waals surface area contributed by atoms with Gasteiger partial charge in [-0.3, -0.25) is 4.72 Å². The summed E-state index contributed by atoms with van der Waals surface area (Å²) < 4.78 is 30.4. The van der Waals surface area contributed by atoms with E-state index in [1.54, 1.807) is 5.38 Å². The van der Waals surface area contributed by atoms with Crippen LogP contribution in [0.5, 0.6) is 0 Å². The molecule has 0 spiro atoms. The van der Waals surface area contributed by atoms with E-state index in [0.717, 1.165) is 11.3 Å². The van der Waals surface area contributed by atoms with E-state index in [1.807, 2.05) is 0 Å². The minimum atomic E-state index is -3.45. The Morgan fingerprint density at radius 2 is 2.22 bits per heavy atom. The Balaban J connectivity index is 2.72. The minimum Gasteiger partial charge on any atom is -0.465 e. The number of ether oxygens (including phenoxy) is 1. The summed E-state index contributed by atoms with van der Waals surface area (Å²) in [6, 6.07) is 1.54. The van der Waals surface area contributed by atoms with Gasteiger partial charge in [0.05, 0.1) is 18.6 Å². The van der Waals surface area contributed by atoms with E-state index in [9.17, 15) is 13.2 Å². The fraction of sp³-hybridized carbons (Fsp3) is 0.500. The first-order valence-electron chi connectivity index (χ1n) is 5.22. The molecule has 0 aromatic carbocycles. The highest BCUT2D eigenvalue weighted by molar-refractivity contribution is 7.92. The fourth-order valence-electron chi connectivity index (χ4n) is 1.25. The second-order valence-electron chi connectivity index (χ2n) is 3.47. The second-order valence-corrected chi connectivity index (χ2v) is 6.61. The summed E-state index contributed by atoms with van der Waals surface area (Å²) in [6.45, 7) is 0. The molecule has 0 saturated heterocycles. The number of methoxy groups -OCH3 is 1. The number of unbranched alkanes of at least 4 members (excludes halogenated alkanes) is 1. The van der Waals surface area contributed by atoms with Crippen molar-refractivity contribution in [3.8, 4) is 0 Å². The Morgan fingerprint density at radius 3 is 2.83 bits per heavy atom. The molecule has 1 heterocycles. The first-order chi connectivity index (χ1) is 8.50. The van der Waals surface area contributed by atoms with Crippen LogP contribution in [0.25, 0.3) is 0 Å². The monoisotopic (exact) mass is 311 g/mol. The number of sulfonamides is 1. The maximum absolute atomic E-state index is 11.7. The molecule has 1 aromatic heterocycles. The summed E-state index contributed by atoms with van der Waals surface area (Å²) in [5, 5.41) is 1.63. The van der Waals surface area contributed by atoms with Crippen molar-refractivity contribution in [2.24, 2.45) is 0 Å². The molecule has 102 valence electrons. The Kier molecular flexibility index (Phi) is 5.90. The van der Waals surface area contributed by atoms with Crippen molar-refractivity contribution in [2.75, 3.05) is 23.5 Å². The molecule has 0 aliphatic heterocycles. The van der Waals surface area contributed by atoms with Crippen LogP contribution in [-0.2, 0) is 14.8 Å². The van der Waals surface area contributed by atoms with Crippen LogP contribution in [0.4, 0.5) is 5.69 Å². The van der Waals surface area contributed by atoms with Gasteiger partial charge in [-0.2, -0.15) is 0 Å². The molecule has 0 aliphatic rings. The molecule has 1 rings (SSSR count). The molecule has 0 atom stereocenters. The van der Waals surface area contributed by atoms with Gasteiger partial charge < -0.3 is 4.74 Å². The van der Waals surface area contributed by atoms with Crippen molar-refractivity contribution >= 4 is 44.6 Å². The number of hydrogen-bond donors (Lipinski definition) is 1. The van der Waals surface area contributed by atoms with E-state index in [4.69, 9.17) is 11.6 Å². The van der Waals surface area contributed by atoms with E-state index in [1.165, 1.54) is 13.2 Å². The fourth-order valence-corrected chi connectivity index (χ4v) is 3.46. The van der Waals surface area contributed by atoms with E-state index < -0.39 is 16.0 Å². The van der Waals surface area contributed by atoms with Crippen molar-refractivity contribution in [2.45, 2.75) is 12.8 Å². The number of nitrogens with one attached hydrogen (secondary N) is 1. The number of hydrogen-bond acceptors (Lipinski definition) is 5. The predicted octanol–water partition coefficient (Wildman–Crippen LogP) is 2.30.